The van der Waals surface area contributed by atoms with Crippen molar-refractivity contribution in [2.24, 2.45) is 0 Å². The Morgan fingerprint density at radius 3 is 2.72 bits per heavy atom. The molecule has 1 aromatic heterocycles. The van der Waals surface area contributed by atoms with Crippen LogP contribution in [0.1, 0.15) is 17.6 Å². The molecule has 18 heavy (non-hydrogen) atoms. The average Bonchev–Trinajstić information content (AvgIpc) is 2.75. The largest absolute Gasteiger partial charge is 0.394 e. The van der Waals surface area contributed by atoms with Crippen LogP contribution in [-0.2, 0) is 10.5 Å². The van der Waals surface area contributed by atoms with Crippen LogP contribution < -0.4 is 5.32 Å². The van der Waals surface area contributed by atoms with Crippen molar-refractivity contribution in [1.82, 2.24) is 10.3 Å². The van der Waals surface area contributed by atoms with Crippen LogP contribution >= 0.6 is 23.1 Å². The molecule has 102 valence electrons. The van der Waals surface area contributed by atoms with E-state index in [4.69, 9.17) is 10.2 Å². The molecule has 0 fully saturated rings. The van der Waals surface area contributed by atoms with Crippen molar-refractivity contribution >= 4 is 29.0 Å². The maximum absolute atomic E-state index is 11.6. The summed E-state index contributed by atoms with van der Waals surface area (Å²) in [6.07, 6.45) is 0. The highest BCUT2D eigenvalue weighted by Gasteiger charge is 2.24. The van der Waals surface area contributed by atoms with E-state index in [9.17, 15) is 4.79 Å². The van der Waals surface area contributed by atoms with Gasteiger partial charge in [-0.2, -0.15) is 0 Å². The first-order valence-electron chi connectivity index (χ1n) is 5.50. The first-order chi connectivity index (χ1) is 8.49. The predicted molar refractivity (Wildman–Crippen MR) is 73.7 cm³/mol. The number of aliphatic hydroxyl groups excluding tert-OH is 2. The summed E-state index contributed by atoms with van der Waals surface area (Å²) in [6.45, 7) is 2.97. The number of nitrogens with zero attached hydrogens (tertiary/aromatic N) is 1. The molecule has 0 aromatic carbocycles. The molecule has 0 atom stereocenters. The van der Waals surface area contributed by atoms with Crippen molar-refractivity contribution in [2.45, 2.75) is 25.1 Å². The molecule has 0 aliphatic rings. The lowest BCUT2D eigenvalue weighted by Gasteiger charge is -2.25. The maximum Gasteiger partial charge on any atom is 0.230 e. The van der Waals surface area contributed by atoms with Gasteiger partial charge in [0.05, 0.1) is 35.2 Å². The topological polar surface area (TPSA) is 82.5 Å². The van der Waals surface area contributed by atoms with E-state index >= 15 is 0 Å². The standard InChI is InChI=1S/C11H18N2O3S2/c1-8-12-9(4-18-8)3-17-5-10(16)13-11(2,6-14)7-15/h4,14-15H,3,5-7H2,1-2H3,(H,13,16). The smallest absolute Gasteiger partial charge is 0.230 e. The van der Waals surface area contributed by atoms with Gasteiger partial charge in [-0.05, 0) is 13.8 Å². The number of hydrogen-bond donors (Lipinski definition) is 3. The van der Waals surface area contributed by atoms with E-state index in [1.54, 1.807) is 18.3 Å². The minimum absolute atomic E-state index is 0.197. The Morgan fingerprint density at radius 2 is 2.22 bits per heavy atom. The lowest BCUT2D eigenvalue weighted by Crippen LogP contribution is -2.52. The molecule has 0 saturated carbocycles. The second-order valence-corrected chi connectivity index (χ2v) is 6.32. The fourth-order valence-corrected chi connectivity index (χ4v) is 2.66. The van der Waals surface area contributed by atoms with Crippen molar-refractivity contribution in [2.75, 3.05) is 19.0 Å². The van der Waals surface area contributed by atoms with E-state index in [2.05, 4.69) is 10.3 Å². The number of aliphatic hydroxyl groups is 2. The van der Waals surface area contributed by atoms with Crippen molar-refractivity contribution in [1.29, 1.82) is 0 Å². The maximum atomic E-state index is 11.6. The first kappa shape index (κ1) is 15.4. The van der Waals surface area contributed by atoms with E-state index < -0.39 is 5.54 Å². The van der Waals surface area contributed by atoms with Gasteiger partial charge in [-0.25, -0.2) is 4.98 Å². The first-order valence-corrected chi connectivity index (χ1v) is 7.54. The molecule has 0 aliphatic heterocycles. The molecule has 7 heteroatoms. The number of rotatable bonds is 7. The highest BCUT2D eigenvalue weighted by atomic mass is 32.2. The molecular formula is C11H18N2O3S2. The van der Waals surface area contributed by atoms with Crippen molar-refractivity contribution in [3.05, 3.63) is 16.1 Å². The zero-order valence-corrected chi connectivity index (χ0v) is 12.1. The van der Waals surface area contributed by atoms with Crippen LogP contribution in [0.5, 0.6) is 0 Å². The normalized spacial score (nSPS) is 11.6. The van der Waals surface area contributed by atoms with Crippen LogP contribution in [0.15, 0.2) is 5.38 Å². The van der Waals surface area contributed by atoms with Gasteiger partial charge in [0.25, 0.3) is 0 Å². The summed E-state index contributed by atoms with van der Waals surface area (Å²) in [5, 5.41) is 23.7. The summed E-state index contributed by atoms with van der Waals surface area (Å²) < 4.78 is 0. The quantitative estimate of drug-likeness (QED) is 0.683. The summed E-state index contributed by atoms with van der Waals surface area (Å²) in [5.74, 6) is 0.774. The Labute approximate surface area is 115 Å². The van der Waals surface area contributed by atoms with Crippen LogP contribution in [0, 0.1) is 6.92 Å². The minimum atomic E-state index is -0.950. The lowest BCUT2D eigenvalue weighted by atomic mass is 10.1. The highest BCUT2D eigenvalue weighted by molar-refractivity contribution is 7.99. The number of thioether (sulfide) groups is 1. The van der Waals surface area contributed by atoms with Crippen LogP contribution in [-0.4, -0.2) is 45.6 Å². The highest BCUT2D eigenvalue weighted by Crippen LogP contribution is 2.15. The minimum Gasteiger partial charge on any atom is -0.394 e. The molecular weight excluding hydrogens is 272 g/mol. The molecule has 0 bridgehead atoms. The molecule has 1 heterocycles. The number of carbonyl (C=O) groups excluding carboxylic acids is 1. The molecule has 1 rings (SSSR count). The third-order valence-corrected chi connectivity index (χ3v) is 4.08. The number of aryl methyl sites for hydroxylation is 1. The summed E-state index contributed by atoms with van der Waals surface area (Å²) >= 11 is 3.05. The van der Waals surface area contributed by atoms with Gasteiger partial charge in [0.15, 0.2) is 0 Å². The van der Waals surface area contributed by atoms with E-state index in [1.807, 2.05) is 12.3 Å². The average molecular weight is 290 g/mol. The fourth-order valence-electron chi connectivity index (χ4n) is 1.22. The molecule has 5 nitrogen and oxygen atoms in total. The fraction of sp³-hybridized carbons (Fsp3) is 0.636. The summed E-state index contributed by atoms with van der Waals surface area (Å²) in [5.41, 5.74) is 0.0249. The van der Waals surface area contributed by atoms with E-state index in [0.717, 1.165) is 10.7 Å². The van der Waals surface area contributed by atoms with Gasteiger partial charge >= 0.3 is 0 Å². The second-order valence-electron chi connectivity index (χ2n) is 4.28. The predicted octanol–water partition coefficient (Wildman–Crippen LogP) is 0.544. The Hall–Kier alpha value is -0.630. The third-order valence-electron chi connectivity index (χ3n) is 2.29. The van der Waals surface area contributed by atoms with Crippen molar-refractivity contribution in [3.63, 3.8) is 0 Å². The summed E-state index contributed by atoms with van der Waals surface area (Å²) in [4.78, 5) is 15.9. The van der Waals surface area contributed by atoms with Crippen molar-refractivity contribution in [3.8, 4) is 0 Å². The van der Waals surface area contributed by atoms with E-state index in [-0.39, 0.29) is 24.9 Å². The van der Waals surface area contributed by atoms with Gasteiger partial charge in [0.1, 0.15) is 0 Å². The molecule has 0 unspecified atom stereocenters. The van der Waals surface area contributed by atoms with E-state index in [1.165, 1.54) is 11.8 Å². The zero-order valence-electron chi connectivity index (χ0n) is 10.5. The number of aromatic nitrogens is 1. The zero-order chi connectivity index (χ0) is 13.6. The van der Waals surface area contributed by atoms with Crippen LogP contribution in [0.3, 0.4) is 0 Å². The molecule has 3 N–H and O–H groups in total. The van der Waals surface area contributed by atoms with Gasteiger partial charge in [0, 0.05) is 11.1 Å². The van der Waals surface area contributed by atoms with Crippen LogP contribution in [0.4, 0.5) is 0 Å². The SMILES string of the molecule is Cc1nc(CSCC(=O)NC(C)(CO)CO)cs1. The van der Waals surface area contributed by atoms with Gasteiger partial charge in [-0.1, -0.05) is 0 Å². The third kappa shape index (κ3) is 4.93. The Bertz CT molecular complexity index is 391. The molecule has 0 radical (unpaired) electrons. The molecule has 0 aliphatic carbocycles. The number of amides is 1. The number of nitrogens with one attached hydrogen (secondary N) is 1. The number of carbonyl (C=O) groups is 1. The molecule has 1 aromatic rings. The molecule has 0 spiro atoms. The van der Waals surface area contributed by atoms with Gasteiger partial charge in [-0.3, -0.25) is 4.79 Å². The monoisotopic (exact) mass is 290 g/mol. The van der Waals surface area contributed by atoms with Gasteiger partial charge in [-0.15, -0.1) is 23.1 Å². The van der Waals surface area contributed by atoms with Crippen molar-refractivity contribution < 1.29 is 15.0 Å². The van der Waals surface area contributed by atoms with Crippen LogP contribution in [0.2, 0.25) is 0 Å². The number of hydrogen-bond acceptors (Lipinski definition) is 6. The Morgan fingerprint density at radius 1 is 1.56 bits per heavy atom. The molecule has 1 amide bonds. The number of thiazole rings is 1. The van der Waals surface area contributed by atoms with Gasteiger partial charge in [0.2, 0.25) is 5.91 Å². The van der Waals surface area contributed by atoms with E-state index in [0.29, 0.717) is 5.75 Å². The Kier molecular flexibility index (Phi) is 6.07. The lowest BCUT2D eigenvalue weighted by molar-refractivity contribution is -0.121. The molecule has 0 saturated heterocycles. The Balaban J connectivity index is 2.29. The second kappa shape index (κ2) is 7.08. The van der Waals surface area contributed by atoms with Gasteiger partial charge < -0.3 is 15.5 Å². The summed E-state index contributed by atoms with van der Waals surface area (Å²) in [7, 11) is 0. The van der Waals surface area contributed by atoms with Crippen LogP contribution in [0.25, 0.3) is 0 Å². The summed E-state index contributed by atoms with van der Waals surface area (Å²) in [6, 6.07) is 0.